The number of fused-ring (bicyclic) bond motifs is 1. The van der Waals surface area contributed by atoms with Gasteiger partial charge in [-0.3, -0.25) is 4.79 Å². The van der Waals surface area contributed by atoms with Gasteiger partial charge >= 0.3 is 0 Å². The molecule has 0 fully saturated rings. The Balaban J connectivity index is 2.24. The summed E-state index contributed by atoms with van der Waals surface area (Å²) in [6.45, 7) is 0.740. The Morgan fingerprint density at radius 1 is 1.29 bits per heavy atom. The van der Waals surface area contributed by atoms with Crippen LogP contribution in [0.3, 0.4) is 0 Å². The lowest BCUT2D eigenvalue weighted by molar-refractivity contribution is -0.118. The molecule has 1 heterocycles. The molecule has 1 aromatic carbocycles. The molecule has 0 radical (unpaired) electrons. The van der Waals surface area contributed by atoms with Crippen molar-refractivity contribution in [3.8, 4) is 0 Å². The predicted octanol–water partition coefficient (Wildman–Crippen LogP) is 1.88. The van der Waals surface area contributed by atoms with Gasteiger partial charge in [-0.05, 0) is 43.4 Å². The Morgan fingerprint density at radius 2 is 2.12 bits per heavy atom. The van der Waals surface area contributed by atoms with E-state index in [0.29, 0.717) is 6.42 Å². The van der Waals surface area contributed by atoms with Crippen molar-refractivity contribution >= 4 is 11.6 Å². The first-order valence-electron chi connectivity index (χ1n) is 6.31. The summed E-state index contributed by atoms with van der Waals surface area (Å²) >= 11 is 0. The standard InChI is InChI=1S/C14H20N2O/c1-16-13(17)9-8-12-7-4-6-11(14(12)16)5-2-3-10-15/h4,6-7H,2-3,5,8-10,15H2,1H3. The number of rotatable bonds is 4. The lowest BCUT2D eigenvalue weighted by atomic mass is 9.95. The Morgan fingerprint density at radius 3 is 2.88 bits per heavy atom. The van der Waals surface area contributed by atoms with Crippen molar-refractivity contribution in [2.24, 2.45) is 5.73 Å². The highest BCUT2D eigenvalue weighted by atomic mass is 16.2. The third-order valence-electron chi connectivity index (χ3n) is 3.42. The van der Waals surface area contributed by atoms with Gasteiger partial charge in [-0.1, -0.05) is 18.2 Å². The average Bonchev–Trinajstić information content (AvgIpc) is 2.34. The highest BCUT2D eigenvalue weighted by Crippen LogP contribution is 2.31. The first-order valence-corrected chi connectivity index (χ1v) is 6.31. The fourth-order valence-corrected chi connectivity index (χ4v) is 2.47. The normalized spacial score (nSPS) is 14.9. The van der Waals surface area contributed by atoms with Crippen LogP contribution in [0.2, 0.25) is 0 Å². The Bertz CT molecular complexity index is 415. The van der Waals surface area contributed by atoms with Gasteiger partial charge in [-0.25, -0.2) is 0 Å². The van der Waals surface area contributed by atoms with Crippen LogP contribution in [0.4, 0.5) is 5.69 Å². The molecule has 2 N–H and O–H groups in total. The van der Waals surface area contributed by atoms with E-state index in [0.717, 1.165) is 37.9 Å². The van der Waals surface area contributed by atoms with E-state index >= 15 is 0 Å². The monoisotopic (exact) mass is 232 g/mol. The molecule has 0 saturated heterocycles. The van der Waals surface area contributed by atoms with E-state index in [1.807, 2.05) is 11.9 Å². The Hall–Kier alpha value is -1.35. The molecule has 0 aromatic heterocycles. The van der Waals surface area contributed by atoms with Crippen molar-refractivity contribution in [1.29, 1.82) is 0 Å². The number of carbonyl (C=O) groups excluding carboxylic acids is 1. The second-order valence-corrected chi connectivity index (χ2v) is 4.62. The number of benzene rings is 1. The van der Waals surface area contributed by atoms with Crippen molar-refractivity contribution in [2.45, 2.75) is 32.1 Å². The molecule has 3 heteroatoms. The smallest absolute Gasteiger partial charge is 0.227 e. The van der Waals surface area contributed by atoms with E-state index in [1.165, 1.54) is 11.1 Å². The van der Waals surface area contributed by atoms with Crippen LogP contribution < -0.4 is 10.6 Å². The van der Waals surface area contributed by atoms with Gasteiger partial charge in [0, 0.05) is 19.2 Å². The van der Waals surface area contributed by atoms with E-state index in [-0.39, 0.29) is 5.91 Å². The van der Waals surface area contributed by atoms with Crippen LogP contribution in [0.15, 0.2) is 18.2 Å². The fraction of sp³-hybridized carbons (Fsp3) is 0.500. The van der Waals surface area contributed by atoms with Crippen molar-refractivity contribution < 1.29 is 4.79 Å². The van der Waals surface area contributed by atoms with Gasteiger partial charge in [0.2, 0.25) is 5.91 Å². The number of unbranched alkanes of at least 4 members (excludes halogenated alkanes) is 1. The molecule has 17 heavy (non-hydrogen) atoms. The Kier molecular flexibility index (Phi) is 3.79. The number of para-hydroxylation sites is 1. The number of anilines is 1. The molecular formula is C14H20N2O. The number of hydrogen-bond acceptors (Lipinski definition) is 2. The summed E-state index contributed by atoms with van der Waals surface area (Å²) in [4.78, 5) is 13.6. The van der Waals surface area contributed by atoms with Crippen LogP contribution in [0.1, 0.15) is 30.4 Å². The van der Waals surface area contributed by atoms with E-state index < -0.39 is 0 Å². The van der Waals surface area contributed by atoms with Crippen LogP contribution in [-0.4, -0.2) is 19.5 Å². The number of aryl methyl sites for hydroxylation is 2. The lowest BCUT2D eigenvalue weighted by Crippen LogP contribution is -2.32. The number of nitrogens with zero attached hydrogens (tertiary/aromatic N) is 1. The maximum Gasteiger partial charge on any atom is 0.227 e. The summed E-state index contributed by atoms with van der Waals surface area (Å²) in [5, 5.41) is 0. The molecule has 0 saturated carbocycles. The maximum atomic E-state index is 11.7. The second-order valence-electron chi connectivity index (χ2n) is 4.62. The summed E-state index contributed by atoms with van der Waals surface area (Å²) in [7, 11) is 1.88. The van der Waals surface area contributed by atoms with E-state index in [1.54, 1.807) is 0 Å². The van der Waals surface area contributed by atoms with Gasteiger partial charge in [0.15, 0.2) is 0 Å². The molecule has 1 aromatic rings. The van der Waals surface area contributed by atoms with Gasteiger partial charge in [0.05, 0.1) is 0 Å². The predicted molar refractivity (Wildman–Crippen MR) is 70.2 cm³/mol. The molecule has 2 rings (SSSR count). The minimum atomic E-state index is 0.226. The van der Waals surface area contributed by atoms with E-state index in [9.17, 15) is 4.79 Å². The average molecular weight is 232 g/mol. The van der Waals surface area contributed by atoms with Crippen LogP contribution in [-0.2, 0) is 17.6 Å². The fourth-order valence-electron chi connectivity index (χ4n) is 2.47. The first-order chi connectivity index (χ1) is 8.24. The minimum absolute atomic E-state index is 0.226. The molecule has 1 amide bonds. The molecule has 3 nitrogen and oxygen atoms in total. The van der Waals surface area contributed by atoms with Gasteiger partial charge in [0.1, 0.15) is 0 Å². The SMILES string of the molecule is CN1C(=O)CCc2cccc(CCCCN)c21. The van der Waals surface area contributed by atoms with Crippen LogP contribution in [0.25, 0.3) is 0 Å². The quantitative estimate of drug-likeness (QED) is 0.806. The maximum absolute atomic E-state index is 11.7. The van der Waals surface area contributed by atoms with Gasteiger partial charge in [-0.2, -0.15) is 0 Å². The third-order valence-corrected chi connectivity index (χ3v) is 3.42. The molecule has 0 atom stereocenters. The van der Waals surface area contributed by atoms with Crippen LogP contribution >= 0.6 is 0 Å². The number of carbonyl (C=O) groups is 1. The topological polar surface area (TPSA) is 46.3 Å². The highest BCUT2D eigenvalue weighted by Gasteiger charge is 2.22. The van der Waals surface area contributed by atoms with Crippen molar-refractivity contribution in [2.75, 3.05) is 18.5 Å². The largest absolute Gasteiger partial charge is 0.330 e. The van der Waals surface area contributed by atoms with Crippen molar-refractivity contribution in [1.82, 2.24) is 0 Å². The lowest BCUT2D eigenvalue weighted by Gasteiger charge is -2.28. The number of amides is 1. The molecule has 0 spiro atoms. The molecule has 0 aliphatic carbocycles. The third kappa shape index (κ3) is 2.50. The van der Waals surface area contributed by atoms with Crippen molar-refractivity contribution in [3.05, 3.63) is 29.3 Å². The summed E-state index contributed by atoms with van der Waals surface area (Å²) in [5.41, 5.74) is 9.24. The Labute approximate surface area is 103 Å². The molecule has 0 unspecified atom stereocenters. The summed E-state index contributed by atoms with van der Waals surface area (Å²) in [5.74, 6) is 0.226. The highest BCUT2D eigenvalue weighted by molar-refractivity contribution is 5.96. The summed E-state index contributed by atoms with van der Waals surface area (Å²) in [6, 6.07) is 6.36. The summed E-state index contributed by atoms with van der Waals surface area (Å²) in [6.07, 6.45) is 4.66. The van der Waals surface area contributed by atoms with Crippen molar-refractivity contribution in [3.63, 3.8) is 0 Å². The number of nitrogens with two attached hydrogens (primary N) is 1. The zero-order valence-corrected chi connectivity index (χ0v) is 10.4. The molecular weight excluding hydrogens is 212 g/mol. The molecule has 1 aliphatic rings. The molecule has 1 aliphatic heterocycles. The van der Waals surface area contributed by atoms with E-state index in [4.69, 9.17) is 5.73 Å². The van der Waals surface area contributed by atoms with Crippen LogP contribution in [0.5, 0.6) is 0 Å². The number of hydrogen-bond donors (Lipinski definition) is 1. The van der Waals surface area contributed by atoms with Crippen LogP contribution in [0, 0.1) is 0 Å². The first kappa shape index (κ1) is 12.1. The van der Waals surface area contributed by atoms with Gasteiger partial charge in [-0.15, -0.1) is 0 Å². The zero-order chi connectivity index (χ0) is 12.3. The van der Waals surface area contributed by atoms with E-state index in [2.05, 4.69) is 18.2 Å². The van der Waals surface area contributed by atoms with Gasteiger partial charge < -0.3 is 10.6 Å². The summed E-state index contributed by atoms with van der Waals surface area (Å²) < 4.78 is 0. The zero-order valence-electron chi connectivity index (χ0n) is 10.4. The molecule has 92 valence electrons. The minimum Gasteiger partial charge on any atom is -0.330 e. The van der Waals surface area contributed by atoms with Gasteiger partial charge in [0.25, 0.3) is 0 Å². The molecule has 0 bridgehead atoms. The second kappa shape index (κ2) is 5.32.